The van der Waals surface area contributed by atoms with Crippen LogP contribution in [0.25, 0.3) is 6.08 Å². The van der Waals surface area contributed by atoms with E-state index < -0.39 is 5.91 Å². The zero-order valence-corrected chi connectivity index (χ0v) is 16.2. The minimum Gasteiger partial charge on any atom is -0.454 e. The molecule has 7 nitrogen and oxygen atoms in total. The molecule has 0 atom stereocenters. The maximum absolute atomic E-state index is 12.8. The van der Waals surface area contributed by atoms with E-state index in [1.807, 2.05) is 12.1 Å². The molecule has 29 heavy (non-hydrogen) atoms. The van der Waals surface area contributed by atoms with Crippen molar-refractivity contribution in [2.45, 2.75) is 0 Å². The number of nitriles is 1. The first-order valence-corrected chi connectivity index (χ1v) is 9.47. The van der Waals surface area contributed by atoms with Crippen LogP contribution in [0.3, 0.4) is 0 Å². The Hall–Kier alpha value is -3.21. The number of halogens is 1. The summed E-state index contributed by atoms with van der Waals surface area (Å²) in [5.74, 6) is 0.575. The van der Waals surface area contributed by atoms with Gasteiger partial charge in [0, 0.05) is 23.7 Å². The molecule has 1 N–H and O–H groups in total. The first-order valence-electron chi connectivity index (χ1n) is 9.10. The van der Waals surface area contributed by atoms with Crippen LogP contribution in [0.15, 0.2) is 42.0 Å². The topological polar surface area (TPSA) is 83.8 Å². The normalized spacial score (nSPS) is 15.7. The zero-order valence-electron chi connectivity index (χ0n) is 15.5. The maximum Gasteiger partial charge on any atom is 0.266 e. The molecular weight excluding hydrogens is 394 g/mol. The molecule has 0 unspecified atom stereocenters. The van der Waals surface area contributed by atoms with E-state index in [1.54, 1.807) is 30.3 Å². The minimum absolute atomic E-state index is 0.0539. The van der Waals surface area contributed by atoms with E-state index >= 15 is 0 Å². The molecule has 148 valence electrons. The number of amides is 1. The lowest BCUT2D eigenvalue weighted by atomic mass is 10.1. The van der Waals surface area contributed by atoms with Gasteiger partial charge in [0.1, 0.15) is 11.6 Å². The summed E-state index contributed by atoms with van der Waals surface area (Å²) in [6.07, 6.45) is 1.49. The number of anilines is 2. The van der Waals surface area contributed by atoms with Gasteiger partial charge in [0.2, 0.25) is 6.79 Å². The van der Waals surface area contributed by atoms with E-state index in [9.17, 15) is 10.1 Å². The fourth-order valence-corrected chi connectivity index (χ4v) is 3.42. The van der Waals surface area contributed by atoms with Gasteiger partial charge in [-0.25, -0.2) is 0 Å². The summed E-state index contributed by atoms with van der Waals surface area (Å²) in [4.78, 5) is 14.9. The van der Waals surface area contributed by atoms with Gasteiger partial charge in [-0.05, 0) is 30.3 Å². The molecule has 2 aliphatic rings. The van der Waals surface area contributed by atoms with E-state index in [-0.39, 0.29) is 12.4 Å². The lowest BCUT2D eigenvalue weighted by molar-refractivity contribution is -0.112. The molecule has 0 aromatic heterocycles. The van der Waals surface area contributed by atoms with Crippen LogP contribution < -0.4 is 19.7 Å². The van der Waals surface area contributed by atoms with Crippen molar-refractivity contribution in [2.75, 3.05) is 43.3 Å². The zero-order chi connectivity index (χ0) is 20.2. The Morgan fingerprint density at radius 2 is 2.03 bits per heavy atom. The molecule has 0 saturated carbocycles. The van der Waals surface area contributed by atoms with Crippen molar-refractivity contribution < 1.29 is 19.0 Å². The molecule has 0 bridgehead atoms. The van der Waals surface area contributed by atoms with Crippen LogP contribution >= 0.6 is 11.6 Å². The summed E-state index contributed by atoms with van der Waals surface area (Å²) >= 11 is 6.14. The highest BCUT2D eigenvalue weighted by Crippen LogP contribution is 2.36. The predicted octanol–water partition coefficient (Wildman–Crippen LogP) is 3.45. The molecule has 8 heteroatoms. The SMILES string of the molecule is N#C/C(=C\c1cccc2c1OCO2)C(=O)Nc1cc(Cl)ccc1N1CCOCC1. The molecule has 2 aliphatic heterocycles. The first kappa shape index (κ1) is 19.1. The predicted molar refractivity (Wildman–Crippen MR) is 109 cm³/mol. The van der Waals surface area contributed by atoms with Crippen molar-refractivity contribution in [1.82, 2.24) is 0 Å². The van der Waals surface area contributed by atoms with Crippen molar-refractivity contribution in [3.8, 4) is 17.6 Å². The number of benzene rings is 2. The van der Waals surface area contributed by atoms with E-state index in [4.69, 9.17) is 25.8 Å². The number of carbonyl (C=O) groups is 1. The summed E-state index contributed by atoms with van der Waals surface area (Å²) in [7, 11) is 0. The molecule has 0 aliphatic carbocycles. The second kappa shape index (κ2) is 8.43. The van der Waals surface area contributed by atoms with Crippen molar-refractivity contribution in [3.63, 3.8) is 0 Å². The van der Waals surface area contributed by atoms with E-state index in [2.05, 4.69) is 10.2 Å². The number of nitrogens with zero attached hydrogens (tertiary/aromatic N) is 2. The average molecular weight is 412 g/mol. The van der Waals surface area contributed by atoms with Crippen molar-refractivity contribution in [2.24, 2.45) is 0 Å². The number of carbonyl (C=O) groups excluding carboxylic acids is 1. The van der Waals surface area contributed by atoms with Crippen molar-refractivity contribution in [1.29, 1.82) is 5.26 Å². The van der Waals surface area contributed by atoms with Crippen LogP contribution in [-0.4, -0.2) is 39.0 Å². The smallest absolute Gasteiger partial charge is 0.266 e. The van der Waals surface area contributed by atoms with Gasteiger partial charge < -0.3 is 24.4 Å². The summed E-state index contributed by atoms with van der Waals surface area (Å²) in [6, 6.07) is 12.6. The van der Waals surface area contributed by atoms with Crippen molar-refractivity contribution >= 4 is 35.0 Å². The maximum atomic E-state index is 12.8. The molecule has 2 aromatic rings. The standard InChI is InChI=1S/C21H18ClN3O4/c22-16-4-5-18(25-6-8-27-9-7-25)17(11-16)24-21(26)15(12-23)10-14-2-1-3-19-20(14)29-13-28-19/h1-5,10-11H,6-9,13H2,(H,24,26)/b15-10+. The van der Waals surface area contributed by atoms with E-state index in [1.165, 1.54) is 6.08 Å². The van der Waals surface area contributed by atoms with Crippen LogP contribution in [0, 0.1) is 11.3 Å². The second-order valence-electron chi connectivity index (χ2n) is 6.47. The summed E-state index contributed by atoms with van der Waals surface area (Å²) in [6.45, 7) is 2.75. The third-order valence-electron chi connectivity index (χ3n) is 4.65. The number of hydrogen-bond acceptors (Lipinski definition) is 6. The lowest BCUT2D eigenvalue weighted by Gasteiger charge is -2.30. The molecule has 1 fully saturated rings. The van der Waals surface area contributed by atoms with Gasteiger partial charge in [0.25, 0.3) is 5.91 Å². The van der Waals surface area contributed by atoms with Gasteiger partial charge in [0.05, 0.1) is 24.6 Å². The first-order chi connectivity index (χ1) is 14.2. The highest BCUT2D eigenvalue weighted by Gasteiger charge is 2.20. The second-order valence-corrected chi connectivity index (χ2v) is 6.90. The quantitative estimate of drug-likeness (QED) is 0.612. The Labute approximate surface area is 173 Å². The van der Waals surface area contributed by atoms with Gasteiger partial charge >= 0.3 is 0 Å². The Kier molecular flexibility index (Phi) is 5.56. The number of morpholine rings is 1. The van der Waals surface area contributed by atoms with Gasteiger partial charge in [-0.15, -0.1) is 0 Å². The summed E-state index contributed by atoms with van der Waals surface area (Å²) < 4.78 is 16.2. The molecule has 4 rings (SSSR count). The van der Waals surface area contributed by atoms with Gasteiger partial charge in [-0.3, -0.25) is 4.79 Å². The lowest BCUT2D eigenvalue weighted by Crippen LogP contribution is -2.36. The molecule has 0 radical (unpaired) electrons. The average Bonchev–Trinajstić information content (AvgIpc) is 3.22. The number of ether oxygens (including phenoxy) is 3. The van der Waals surface area contributed by atoms with Crippen LogP contribution in [0.4, 0.5) is 11.4 Å². The molecule has 1 amide bonds. The Balaban J connectivity index is 1.61. The third kappa shape index (κ3) is 4.14. The van der Waals surface area contributed by atoms with Gasteiger partial charge in [0.15, 0.2) is 11.5 Å². The molecular formula is C21H18ClN3O4. The number of nitrogens with one attached hydrogen (secondary N) is 1. The Bertz CT molecular complexity index is 1010. The van der Waals surface area contributed by atoms with Gasteiger partial charge in [-0.1, -0.05) is 23.7 Å². The molecule has 2 heterocycles. The number of rotatable bonds is 4. The molecule has 2 aromatic carbocycles. The van der Waals surface area contributed by atoms with E-state index in [0.29, 0.717) is 54.1 Å². The van der Waals surface area contributed by atoms with Crippen LogP contribution in [0.1, 0.15) is 5.56 Å². The highest BCUT2D eigenvalue weighted by atomic mass is 35.5. The molecule has 0 spiro atoms. The Morgan fingerprint density at radius 3 is 2.83 bits per heavy atom. The van der Waals surface area contributed by atoms with Crippen molar-refractivity contribution in [3.05, 3.63) is 52.6 Å². The van der Waals surface area contributed by atoms with Crippen LogP contribution in [0.2, 0.25) is 5.02 Å². The number of fused-ring (bicyclic) bond motifs is 1. The number of para-hydroxylation sites is 1. The summed E-state index contributed by atoms with van der Waals surface area (Å²) in [5, 5.41) is 12.9. The fraction of sp³-hybridized carbons (Fsp3) is 0.238. The minimum atomic E-state index is -0.527. The highest BCUT2D eigenvalue weighted by molar-refractivity contribution is 6.31. The largest absolute Gasteiger partial charge is 0.454 e. The number of hydrogen-bond donors (Lipinski definition) is 1. The van der Waals surface area contributed by atoms with E-state index in [0.717, 1.165) is 5.69 Å². The van der Waals surface area contributed by atoms with Gasteiger partial charge in [-0.2, -0.15) is 5.26 Å². The monoisotopic (exact) mass is 411 g/mol. The fourth-order valence-electron chi connectivity index (χ4n) is 3.25. The third-order valence-corrected chi connectivity index (χ3v) is 4.89. The van der Waals surface area contributed by atoms with Crippen LogP contribution in [-0.2, 0) is 9.53 Å². The Morgan fingerprint density at radius 1 is 1.21 bits per heavy atom. The van der Waals surface area contributed by atoms with Crippen LogP contribution in [0.5, 0.6) is 11.5 Å². The molecule has 1 saturated heterocycles. The summed E-state index contributed by atoms with van der Waals surface area (Å²) in [5.41, 5.74) is 1.93.